The molecule has 3 aromatic rings. The number of ether oxygens (including phenoxy) is 1. The minimum absolute atomic E-state index is 0.0207. The number of rotatable bonds is 10. The van der Waals surface area contributed by atoms with Gasteiger partial charge in [-0.2, -0.15) is 0 Å². The highest BCUT2D eigenvalue weighted by Gasteiger charge is 2.24. The lowest BCUT2D eigenvalue weighted by atomic mass is 10.3. The predicted octanol–water partition coefficient (Wildman–Crippen LogP) is 3.73. The molecule has 7 nitrogen and oxygen atoms in total. The Balaban J connectivity index is 1.81. The lowest BCUT2D eigenvalue weighted by Crippen LogP contribution is -2.34. The van der Waals surface area contributed by atoms with Crippen molar-refractivity contribution in [3.8, 4) is 5.75 Å². The van der Waals surface area contributed by atoms with Gasteiger partial charge in [0.25, 0.3) is 0 Å². The van der Waals surface area contributed by atoms with Gasteiger partial charge in [-0.15, -0.1) is 0 Å². The molecule has 0 unspecified atom stereocenters. The number of benzene rings is 2. The summed E-state index contributed by atoms with van der Waals surface area (Å²) in [6.07, 6.45) is 0.319. The third-order valence-corrected chi connectivity index (χ3v) is 7.68. The molecule has 0 fully saturated rings. The number of nitrogens with zero attached hydrogens (tertiary/aromatic N) is 3. The van der Waals surface area contributed by atoms with Crippen molar-refractivity contribution in [1.29, 1.82) is 0 Å². The Labute approximate surface area is 195 Å². The number of fused-ring (bicyclic) bond motifs is 1. The van der Waals surface area contributed by atoms with E-state index < -0.39 is 33.1 Å². The summed E-state index contributed by atoms with van der Waals surface area (Å²) < 4.78 is 58.4. The van der Waals surface area contributed by atoms with Gasteiger partial charge in [0, 0.05) is 19.0 Å². The maximum absolute atomic E-state index is 14.1. The van der Waals surface area contributed by atoms with Crippen molar-refractivity contribution in [2.24, 2.45) is 0 Å². The third kappa shape index (κ3) is 6.24. The van der Waals surface area contributed by atoms with E-state index in [1.807, 2.05) is 19.0 Å². The molecular weight excluding hydrogens is 472 g/mol. The molecular formula is C22H25F2N3O4S2. The Morgan fingerprint density at radius 2 is 1.82 bits per heavy atom. The van der Waals surface area contributed by atoms with Crippen LogP contribution in [-0.2, 0) is 14.6 Å². The second kappa shape index (κ2) is 10.5. The first-order valence-electron chi connectivity index (χ1n) is 10.2. The molecule has 1 heterocycles. The zero-order chi connectivity index (χ0) is 24.2. The van der Waals surface area contributed by atoms with Crippen LogP contribution in [-0.4, -0.2) is 64.3 Å². The molecule has 0 atom stereocenters. The number of hydrogen-bond acceptors (Lipinski definition) is 7. The summed E-state index contributed by atoms with van der Waals surface area (Å²) in [6, 6.07) is 7.84. The van der Waals surface area contributed by atoms with E-state index in [1.54, 1.807) is 0 Å². The van der Waals surface area contributed by atoms with E-state index in [1.165, 1.54) is 36.3 Å². The first kappa shape index (κ1) is 25.0. The predicted molar refractivity (Wildman–Crippen MR) is 125 cm³/mol. The van der Waals surface area contributed by atoms with E-state index in [0.717, 1.165) is 23.5 Å². The maximum atomic E-state index is 14.1. The zero-order valence-electron chi connectivity index (χ0n) is 18.5. The second-order valence-corrected chi connectivity index (χ2v) is 10.8. The highest BCUT2D eigenvalue weighted by Crippen LogP contribution is 2.32. The quantitative estimate of drug-likeness (QED) is 0.425. The van der Waals surface area contributed by atoms with Crippen molar-refractivity contribution in [2.75, 3.05) is 44.9 Å². The summed E-state index contributed by atoms with van der Waals surface area (Å²) in [6.45, 7) is 0.950. The first-order valence-corrected chi connectivity index (χ1v) is 12.6. The van der Waals surface area contributed by atoms with Crippen LogP contribution in [0.5, 0.6) is 5.75 Å². The van der Waals surface area contributed by atoms with Crippen LogP contribution in [0.25, 0.3) is 10.2 Å². The molecule has 11 heteroatoms. The fourth-order valence-electron chi connectivity index (χ4n) is 3.19. The first-order chi connectivity index (χ1) is 15.6. The Morgan fingerprint density at radius 3 is 2.45 bits per heavy atom. The van der Waals surface area contributed by atoms with Crippen LogP contribution in [0.4, 0.5) is 13.9 Å². The fourth-order valence-corrected chi connectivity index (χ4v) is 5.47. The van der Waals surface area contributed by atoms with Gasteiger partial charge in [-0.05, 0) is 57.4 Å². The van der Waals surface area contributed by atoms with E-state index in [-0.39, 0.29) is 33.2 Å². The summed E-state index contributed by atoms with van der Waals surface area (Å²) >= 11 is 0.992. The third-order valence-electron chi connectivity index (χ3n) is 4.92. The molecule has 0 aliphatic rings. The molecule has 33 heavy (non-hydrogen) atoms. The van der Waals surface area contributed by atoms with E-state index in [0.29, 0.717) is 18.7 Å². The molecule has 0 bridgehead atoms. The standard InChI is InChI=1S/C22H25F2N3O4S2/c1-26(2)10-4-11-27(22-25-21-18(24)13-15(23)14-19(21)32-22)20(28)9-12-33(29,30)17-7-5-16(31-3)6-8-17/h5-8,13-14H,4,9-12H2,1-3H3. The molecule has 0 saturated carbocycles. The Bertz CT molecular complexity index is 1230. The minimum Gasteiger partial charge on any atom is -0.497 e. The number of aromatic nitrogens is 1. The monoisotopic (exact) mass is 497 g/mol. The topological polar surface area (TPSA) is 79.8 Å². The molecule has 0 aliphatic heterocycles. The molecule has 0 aliphatic carbocycles. The molecule has 3 rings (SSSR count). The van der Waals surface area contributed by atoms with Crippen LogP contribution in [0, 0.1) is 11.6 Å². The molecule has 0 saturated heterocycles. The molecule has 0 spiro atoms. The van der Waals surface area contributed by atoms with E-state index >= 15 is 0 Å². The normalized spacial score (nSPS) is 11.8. The lowest BCUT2D eigenvalue weighted by molar-refractivity contribution is -0.118. The van der Waals surface area contributed by atoms with E-state index in [9.17, 15) is 22.0 Å². The van der Waals surface area contributed by atoms with Crippen LogP contribution in [0.2, 0.25) is 0 Å². The summed E-state index contributed by atoms with van der Waals surface area (Å²) in [5, 5.41) is 0.208. The maximum Gasteiger partial charge on any atom is 0.229 e. The van der Waals surface area contributed by atoms with Crippen molar-refractivity contribution in [2.45, 2.75) is 17.7 Å². The molecule has 1 amide bonds. The van der Waals surface area contributed by atoms with Crippen LogP contribution in [0.1, 0.15) is 12.8 Å². The largest absolute Gasteiger partial charge is 0.497 e. The summed E-state index contributed by atoms with van der Waals surface area (Å²) in [5.41, 5.74) is -0.0207. The number of amides is 1. The number of carbonyl (C=O) groups excluding carboxylic acids is 1. The highest BCUT2D eigenvalue weighted by molar-refractivity contribution is 7.91. The van der Waals surface area contributed by atoms with Crippen molar-refractivity contribution >= 4 is 42.4 Å². The van der Waals surface area contributed by atoms with Gasteiger partial charge in [-0.25, -0.2) is 22.2 Å². The van der Waals surface area contributed by atoms with Crippen molar-refractivity contribution < 1.29 is 26.7 Å². The Hall–Kier alpha value is -2.63. The number of methoxy groups -OCH3 is 1. The molecule has 178 valence electrons. The van der Waals surface area contributed by atoms with Gasteiger partial charge < -0.3 is 9.64 Å². The lowest BCUT2D eigenvalue weighted by Gasteiger charge is -2.21. The number of anilines is 1. The summed E-state index contributed by atoms with van der Waals surface area (Å²) in [4.78, 5) is 20.6. The molecule has 0 radical (unpaired) electrons. The summed E-state index contributed by atoms with van der Waals surface area (Å²) in [5.74, 6) is -1.86. The van der Waals surface area contributed by atoms with Crippen molar-refractivity contribution in [3.05, 3.63) is 48.0 Å². The van der Waals surface area contributed by atoms with Gasteiger partial charge in [-0.3, -0.25) is 9.69 Å². The van der Waals surface area contributed by atoms with Crippen LogP contribution in [0.15, 0.2) is 41.3 Å². The number of sulfone groups is 1. The van der Waals surface area contributed by atoms with E-state index in [4.69, 9.17) is 4.74 Å². The number of halogens is 2. The zero-order valence-corrected chi connectivity index (χ0v) is 20.2. The fraction of sp³-hybridized carbons (Fsp3) is 0.364. The number of hydrogen-bond donors (Lipinski definition) is 0. The van der Waals surface area contributed by atoms with Crippen LogP contribution < -0.4 is 9.64 Å². The van der Waals surface area contributed by atoms with Gasteiger partial charge in [0.05, 0.1) is 22.5 Å². The van der Waals surface area contributed by atoms with Gasteiger partial charge in [0.1, 0.15) is 17.1 Å². The van der Waals surface area contributed by atoms with Crippen LogP contribution >= 0.6 is 11.3 Å². The average molecular weight is 498 g/mol. The van der Waals surface area contributed by atoms with Crippen LogP contribution in [0.3, 0.4) is 0 Å². The number of carbonyl (C=O) groups is 1. The minimum atomic E-state index is -3.70. The van der Waals surface area contributed by atoms with E-state index in [2.05, 4.69) is 4.98 Å². The van der Waals surface area contributed by atoms with Crippen molar-refractivity contribution in [1.82, 2.24) is 9.88 Å². The van der Waals surface area contributed by atoms with Gasteiger partial charge >= 0.3 is 0 Å². The highest BCUT2D eigenvalue weighted by atomic mass is 32.2. The van der Waals surface area contributed by atoms with Gasteiger partial charge in [-0.1, -0.05) is 11.3 Å². The van der Waals surface area contributed by atoms with Gasteiger partial charge in [0.2, 0.25) is 5.91 Å². The molecule has 0 N–H and O–H groups in total. The average Bonchev–Trinajstić information content (AvgIpc) is 3.19. The Morgan fingerprint density at radius 1 is 1.12 bits per heavy atom. The SMILES string of the molecule is COc1ccc(S(=O)(=O)CCC(=O)N(CCCN(C)C)c2nc3c(F)cc(F)cc3s2)cc1. The van der Waals surface area contributed by atoms with Crippen molar-refractivity contribution in [3.63, 3.8) is 0 Å². The number of thiazole rings is 1. The molecule has 1 aromatic heterocycles. The molecule has 2 aromatic carbocycles. The van der Waals surface area contributed by atoms with Gasteiger partial charge in [0.15, 0.2) is 20.8 Å². The Kier molecular flexibility index (Phi) is 7.98. The smallest absolute Gasteiger partial charge is 0.229 e. The summed E-state index contributed by atoms with van der Waals surface area (Å²) in [7, 11) is 1.56. The second-order valence-electron chi connectivity index (χ2n) is 7.68.